The Morgan fingerprint density at radius 3 is 2.22 bits per heavy atom. The van der Waals surface area contributed by atoms with Gasteiger partial charge in [0.2, 0.25) is 5.78 Å². The highest BCUT2D eigenvalue weighted by Crippen LogP contribution is 2.54. The molecular weight excluding hydrogens is 588 g/mol. The molecule has 0 heterocycles. The number of nitrogens with zero attached hydrogens (tertiary/aromatic N) is 2. The molecule has 0 bridgehead atoms. The molecule has 45 heavy (non-hydrogen) atoms. The molecule has 2 amide bonds. The fourth-order valence-corrected chi connectivity index (χ4v) is 6.67. The molecule has 4 atom stereocenters. The van der Waals surface area contributed by atoms with Crippen LogP contribution in [-0.4, -0.2) is 95.8 Å². The number of aliphatic hydroxyl groups excluding tert-OH is 2. The Hall–Kier alpha value is -5.08. The molecule has 3 aliphatic rings. The van der Waals surface area contributed by atoms with Gasteiger partial charge in [0.25, 0.3) is 5.91 Å². The number of benzene rings is 2. The van der Waals surface area contributed by atoms with Crippen molar-refractivity contribution in [1.82, 2.24) is 4.90 Å². The van der Waals surface area contributed by atoms with Crippen molar-refractivity contribution < 1.29 is 49.1 Å². The van der Waals surface area contributed by atoms with Crippen LogP contribution >= 0.6 is 0 Å². The quantitative estimate of drug-likeness (QED) is 0.201. The van der Waals surface area contributed by atoms with Crippen molar-refractivity contribution >= 4 is 40.7 Å². The summed E-state index contributed by atoms with van der Waals surface area (Å²) in [6.07, 6.45) is -0.915. The molecule has 0 spiro atoms. The first-order valence-electron chi connectivity index (χ1n) is 14.0. The number of nitrogens with two attached hydrogens (primary N) is 1. The Balaban J connectivity index is 1.61. The number of fused-ring (bicyclic) bond motifs is 3. The average molecular weight is 623 g/mol. The fourth-order valence-electron chi connectivity index (χ4n) is 6.67. The van der Waals surface area contributed by atoms with Gasteiger partial charge in [0, 0.05) is 31.3 Å². The van der Waals surface area contributed by atoms with Gasteiger partial charge in [-0.15, -0.1) is 0 Å². The van der Waals surface area contributed by atoms with Crippen LogP contribution in [0.5, 0.6) is 17.2 Å². The standard InChI is InChI=1S/C31H34N4O10/c1-34(2)19-12-18(33-30(42)45-15-8-6-14(44-5)7-9-15)24(36)21-16(19)10-13-11-17-23(35(3)4)26(38)22(29(32)41)28(40)31(17,43)27(39)20(13)25(21)37/h6-9,12-13,17,23,36-37,40,43H,10-11H2,1-5H3,(H2,32,41)(H,33,42)/t13-,17-,23-,31-/m1/s1. The van der Waals surface area contributed by atoms with Crippen LogP contribution < -0.4 is 25.4 Å². The number of nitrogens with one attached hydrogen (secondary N) is 1. The number of ketones is 2. The van der Waals surface area contributed by atoms with E-state index < -0.39 is 69.9 Å². The lowest BCUT2D eigenvalue weighted by atomic mass is 9.57. The second kappa shape index (κ2) is 11.1. The van der Waals surface area contributed by atoms with Gasteiger partial charge >= 0.3 is 6.09 Å². The lowest BCUT2D eigenvalue weighted by Gasteiger charge is -2.50. The Labute approximate surface area is 257 Å². The molecule has 1 saturated carbocycles. The number of amides is 2. The van der Waals surface area contributed by atoms with Crippen LogP contribution in [0.1, 0.15) is 17.5 Å². The van der Waals surface area contributed by atoms with Gasteiger partial charge in [0.05, 0.1) is 24.4 Å². The van der Waals surface area contributed by atoms with E-state index in [0.717, 1.165) is 0 Å². The van der Waals surface area contributed by atoms with Crippen LogP contribution in [0.2, 0.25) is 0 Å². The molecule has 0 unspecified atom stereocenters. The molecule has 2 aromatic carbocycles. The first-order valence-corrected chi connectivity index (χ1v) is 14.0. The minimum Gasteiger partial charge on any atom is -0.508 e. The number of aliphatic hydroxyl groups is 3. The Morgan fingerprint density at radius 2 is 1.67 bits per heavy atom. The number of rotatable bonds is 6. The number of ether oxygens (including phenoxy) is 2. The second-order valence-corrected chi connectivity index (χ2v) is 11.7. The number of Topliss-reactive ketones (excluding diaryl/α,β-unsaturated/α-hetero) is 2. The van der Waals surface area contributed by atoms with E-state index in [1.165, 1.54) is 44.3 Å². The minimum absolute atomic E-state index is 0.0480. The zero-order valence-electron chi connectivity index (χ0n) is 25.2. The van der Waals surface area contributed by atoms with Gasteiger partial charge in [-0.1, -0.05) is 0 Å². The molecule has 0 saturated heterocycles. The summed E-state index contributed by atoms with van der Waals surface area (Å²) < 4.78 is 10.4. The maximum Gasteiger partial charge on any atom is 0.417 e. The Kier molecular flexibility index (Phi) is 7.75. The fraction of sp³-hybridized carbons (Fsp3) is 0.355. The topological polar surface area (TPSA) is 212 Å². The molecular formula is C31H34N4O10. The summed E-state index contributed by atoms with van der Waals surface area (Å²) in [5.41, 5.74) is 2.03. The molecule has 2 aromatic rings. The van der Waals surface area contributed by atoms with Gasteiger partial charge in [0.1, 0.15) is 28.6 Å². The maximum absolute atomic E-state index is 14.1. The molecule has 5 rings (SSSR count). The number of aromatic hydroxyl groups is 1. The van der Waals surface area contributed by atoms with Gasteiger partial charge in [-0.3, -0.25) is 24.6 Å². The first kappa shape index (κ1) is 31.3. The van der Waals surface area contributed by atoms with E-state index in [4.69, 9.17) is 15.2 Å². The summed E-state index contributed by atoms with van der Waals surface area (Å²) >= 11 is 0. The monoisotopic (exact) mass is 622 g/mol. The lowest BCUT2D eigenvalue weighted by Crippen LogP contribution is -2.65. The van der Waals surface area contributed by atoms with E-state index in [1.807, 2.05) is 0 Å². The number of hydrogen-bond donors (Lipinski definition) is 6. The number of carbonyl (C=O) groups is 4. The van der Waals surface area contributed by atoms with E-state index in [0.29, 0.717) is 17.0 Å². The first-order chi connectivity index (χ1) is 21.1. The molecule has 0 aromatic heterocycles. The van der Waals surface area contributed by atoms with E-state index >= 15 is 0 Å². The van der Waals surface area contributed by atoms with Crippen LogP contribution in [0.4, 0.5) is 16.2 Å². The van der Waals surface area contributed by atoms with Crippen molar-refractivity contribution in [3.05, 3.63) is 58.4 Å². The lowest BCUT2D eigenvalue weighted by molar-refractivity contribution is -0.153. The third-order valence-corrected chi connectivity index (χ3v) is 8.69. The van der Waals surface area contributed by atoms with Gasteiger partial charge < -0.3 is 40.5 Å². The third-order valence-electron chi connectivity index (χ3n) is 8.69. The van der Waals surface area contributed by atoms with Crippen LogP contribution in [0.15, 0.2) is 47.2 Å². The smallest absolute Gasteiger partial charge is 0.417 e. The summed E-state index contributed by atoms with van der Waals surface area (Å²) in [7, 11) is 7.98. The van der Waals surface area contributed by atoms with Crippen LogP contribution in [0, 0.1) is 11.8 Å². The van der Waals surface area contributed by atoms with Crippen molar-refractivity contribution in [1.29, 1.82) is 0 Å². The zero-order chi connectivity index (χ0) is 33.1. The van der Waals surface area contributed by atoms with Crippen molar-refractivity contribution in [2.45, 2.75) is 24.5 Å². The highest BCUT2D eigenvalue weighted by Gasteiger charge is 2.64. The normalized spacial score (nSPS) is 24.1. The molecule has 14 nitrogen and oxygen atoms in total. The van der Waals surface area contributed by atoms with Crippen molar-refractivity contribution in [2.75, 3.05) is 45.5 Å². The zero-order valence-corrected chi connectivity index (χ0v) is 25.2. The van der Waals surface area contributed by atoms with E-state index in [2.05, 4.69) is 5.32 Å². The minimum atomic E-state index is -2.76. The summed E-state index contributed by atoms with van der Waals surface area (Å²) in [6.45, 7) is 0. The number of hydrogen-bond acceptors (Lipinski definition) is 12. The van der Waals surface area contributed by atoms with Crippen LogP contribution in [-0.2, 0) is 20.8 Å². The van der Waals surface area contributed by atoms with Gasteiger partial charge in [0.15, 0.2) is 17.1 Å². The molecule has 0 aliphatic heterocycles. The summed E-state index contributed by atoms with van der Waals surface area (Å²) in [5.74, 6) is -6.91. The van der Waals surface area contributed by atoms with Crippen LogP contribution in [0.3, 0.4) is 0 Å². The molecule has 1 fully saturated rings. The number of phenolic OH excluding ortho intramolecular Hbond substituents is 1. The van der Waals surface area contributed by atoms with E-state index in [9.17, 15) is 39.6 Å². The van der Waals surface area contributed by atoms with Crippen molar-refractivity contribution in [2.24, 2.45) is 17.6 Å². The highest BCUT2D eigenvalue weighted by molar-refractivity contribution is 6.24. The molecule has 238 valence electrons. The Bertz CT molecular complexity index is 1690. The van der Waals surface area contributed by atoms with E-state index in [1.54, 1.807) is 31.1 Å². The maximum atomic E-state index is 14.1. The SMILES string of the molecule is COc1ccc(OC(=O)Nc2cc(N(C)C)c3c(c2O)C(O)=C2C(=O)[C@@]4(O)C(O)=C(C(N)=O)C(=O)[C@H](N(C)C)[C@H]4C[C@H]2C3)cc1. The summed E-state index contributed by atoms with van der Waals surface area (Å²) in [4.78, 5) is 55.5. The number of carbonyl (C=O) groups excluding carboxylic acids is 4. The highest BCUT2D eigenvalue weighted by atomic mass is 16.6. The summed E-state index contributed by atoms with van der Waals surface area (Å²) in [6, 6.07) is 6.49. The number of likely N-dealkylation sites (N-methyl/N-ethyl adjacent to an activating group) is 1. The average Bonchev–Trinajstić information content (AvgIpc) is 2.96. The number of methoxy groups -OCH3 is 1. The number of anilines is 2. The van der Waals surface area contributed by atoms with Gasteiger partial charge in [-0.25, -0.2) is 4.79 Å². The van der Waals surface area contributed by atoms with Crippen molar-refractivity contribution in [3.63, 3.8) is 0 Å². The summed E-state index contributed by atoms with van der Waals surface area (Å²) in [5, 5.41) is 48.2. The van der Waals surface area contributed by atoms with Crippen molar-refractivity contribution in [3.8, 4) is 17.2 Å². The number of primary amides is 1. The third kappa shape index (κ3) is 4.82. The van der Waals surface area contributed by atoms with E-state index in [-0.39, 0.29) is 35.4 Å². The second-order valence-electron chi connectivity index (χ2n) is 11.7. The molecule has 3 aliphatic carbocycles. The van der Waals surface area contributed by atoms with Gasteiger partial charge in [-0.2, -0.15) is 0 Å². The number of phenols is 1. The molecule has 14 heteroatoms. The van der Waals surface area contributed by atoms with Crippen LogP contribution in [0.25, 0.3) is 5.76 Å². The van der Waals surface area contributed by atoms with Gasteiger partial charge in [-0.05, 0) is 68.8 Å². The predicted octanol–water partition coefficient (Wildman–Crippen LogP) is 1.65. The predicted molar refractivity (Wildman–Crippen MR) is 161 cm³/mol. The molecule has 0 radical (unpaired) electrons. The largest absolute Gasteiger partial charge is 0.508 e. The molecule has 7 N–H and O–H groups in total. The Morgan fingerprint density at radius 1 is 1.04 bits per heavy atom.